The van der Waals surface area contributed by atoms with E-state index in [1.54, 1.807) is 37.4 Å². The molecule has 0 saturated heterocycles. The van der Waals surface area contributed by atoms with E-state index in [0.29, 0.717) is 22.9 Å². The summed E-state index contributed by atoms with van der Waals surface area (Å²) < 4.78 is 0. The van der Waals surface area contributed by atoms with Crippen LogP contribution in [0.1, 0.15) is 5.69 Å². The molecule has 3 aromatic rings. The van der Waals surface area contributed by atoms with Crippen LogP contribution < -0.4 is 11.1 Å². The van der Waals surface area contributed by atoms with Crippen molar-refractivity contribution in [1.29, 1.82) is 0 Å². The van der Waals surface area contributed by atoms with Gasteiger partial charge in [-0.1, -0.05) is 6.07 Å². The summed E-state index contributed by atoms with van der Waals surface area (Å²) in [6, 6.07) is 13.7. The molecular formula is C17H15N5O2. The number of nitrogens with zero attached hydrogens (tertiary/aromatic N) is 3. The number of aryl methyl sites for hydroxylation is 1. The van der Waals surface area contributed by atoms with Crippen molar-refractivity contribution in [3.05, 3.63) is 70.5 Å². The molecule has 2 heterocycles. The van der Waals surface area contributed by atoms with Crippen LogP contribution in [-0.4, -0.2) is 14.9 Å². The van der Waals surface area contributed by atoms with Crippen molar-refractivity contribution in [3.8, 4) is 11.3 Å². The molecule has 0 aliphatic rings. The summed E-state index contributed by atoms with van der Waals surface area (Å²) in [4.78, 5) is 19.4. The first-order valence-electron chi connectivity index (χ1n) is 7.24. The summed E-state index contributed by atoms with van der Waals surface area (Å²) in [5.41, 5.74) is 8.79. The minimum atomic E-state index is -0.436. The predicted molar refractivity (Wildman–Crippen MR) is 93.0 cm³/mol. The SMILES string of the molecule is Cc1nc(Nc2cc(-c3ccccn3)ccc2[N+](=O)[O-])ccc1N. The average molecular weight is 321 g/mol. The predicted octanol–water partition coefficient (Wildman–Crippen LogP) is 3.69. The van der Waals surface area contributed by atoms with Gasteiger partial charge in [-0.15, -0.1) is 0 Å². The molecule has 0 aliphatic carbocycles. The summed E-state index contributed by atoms with van der Waals surface area (Å²) in [6.07, 6.45) is 1.68. The first-order chi connectivity index (χ1) is 11.5. The maximum absolute atomic E-state index is 11.3. The van der Waals surface area contributed by atoms with Crippen LogP contribution in [0.2, 0.25) is 0 Å². The number of hydrogen-bond acceptors (Lipinski definition) is 6. The normalized spacial score (nSPS) is 10.4. The lowest BCUT2D eigenvalue weighted by molar-refractivity contribution is -0.383. The maximum Gasteiger partial charge on any atom is 0.292 e. The molecule has 3 rings (SSSR count). The summed E-state index contributed by atoms with van der Waals surface area (Å²) >= 11 is 0. The van der Waals surface area contributed by atoms with Crippen LogP contribution >= 0.6 is 0 Å². The van der Waals surface area contributed by atoms with E-state index >= 15 is 0 Å². The second kappa shape index (κ2) is 6.33. The molecule has 0 fully saturated rings. The van der Waals surface area contributed by atoms with Crippen molar-refractivity contribution in [2.45, 2.75) is 6.92 Å². The number of aromatic nitrogens is 2. The highest BCUT2D eigenvalue weighted by Gasteiger charge is 2.16. The lowest BCUT2D eigenvalue weighted by Gasteiger charge is -2.10. The molecule has 0 bridgehead atoms. The fraction of sp³-hybridized carbons (Fsp3) is 0.0588. The van der Waals surface area contributed by atoms with Gasteiger partial charge in [0.25, 0.3) is 5.69 Å². The number of anilines is 3. The van der Waals surface area contributed by atoms with E-state index in [9.17, 15) is 10.1 Å². The van der Waals surface area contributed by atoms with Crippen molar-refractivity contribution in [2.24, 2.45) is 0 Å². The third-order valence-corrected chi connectivity index (χ3v) is 3.54. The quantitative estimate of drug-likeness (QED) is 0.560. The largest absolute Gasteiger partial charge is 0.397 e. The summed E-state index contributed by atoms with van der Waals surface area (Å²) in [5, 5.41) is 14.3. The van der Waals surface area contributed by atoms with Crippen LogP contribution in [0, 0.1) is 17.0 Å². The van der Waals surface area contributed by atoms with Gasteiger partial charge in [0.05, 0.1) is 22.0 Å². The molecule has 0 saturated carbocycles. The minimum absolute atomic E-state index is 0.0361. The number of nitrogen functional groups attached to an aromatic ring is 1. The number of nitro benzene ring substituents is 1. The Labute approximate surface area is 138 Å². The van der Waals surface area contributed by atoms with E-state index in [-0.39, 0.29) is 5.69 Å². The van der Waals surface area contributed by atoms with Gasteiger partial charge in [-0.2, -0.15) is 0 Å². The number of pyridine rings is 2. The van der Waals surface area contributed by atoms with Gasteiger partial charge in [0.1, 0.15) is 11.5 Å². The summed E-state index contributed by atoms with van der Waals surface area (Å²) in [7, 11) is 0. The number of nitrogens with two attached hydrogens (primary N) is 1. The Morgan fingerprint density at radius 2 is 2.00 bits per heavy atom. The first-order valence-corrected chi connectivity index (χ1v) is 7.24. The molecule has 2 aromatic heterocycles. The molecule has 7 nitrogen and oxygen atoms in total. The highest BCUT2D eigenvalue weighted by Crippen LogP contribution is 2.31. The molecule has 3 N–H and O–H groups in total. The van der Waals surface area contributed by atoms with Gasteiger partial charge in [-0.25, -0.2) is 4.98 Å². The highest BCUT2D eigenvalue weighted by atomic mass is 16.6. The van der Waals surface area contributed by atoms with Gasteiger partial charge in [0.15, 0.2) is 0 Å². The van der Waals surface area contributed by atoms with Gasteiger partial charge in [0, 0.05) is 17.8 Å². The van der Waals surface area contributed by atoms with Crippen molar-refractivity contribution < 1.29 is 4.92 Å². The highest BCUT2D eigenvalue weighted by molar-refractivity contribution is 5.75. The Morgan fingerprint density at radius 3 is 2.67 bits per heavy atom. The smallest absolute Gasteiger partial charge is 0.292 e. The maximum atomic E-state index is 11.3. The Balaban J connectivity index is 2.03. The van der Waals surface area contributed by atoms with Crippen molar-refractivity contribution in [2.75, 3.05) is 11.1 Å². The molecule has 7 heteroatoms. The molecule has 24 heavy (non-hydrogen) atoms. The average Bonchev–Trinajstić information content (AvgIpc) is 2.59. The van der Waals surface area contributed by atoms with Crippen molar-refractivity contribution in [3.63, 3.8) is 0 Å². The Morgan fingerprint density at radius 1 is 1.17 bits per heavy atom. The number of benzene rings is 1. The molecule has 0 aliphatic heterocycles. The fourth-order valence-corrected chi connectivity index (χ4v) is 2.27. The lowest BCUT2D eigenvalue weighted by atomic mass is 10.1. The van der Waals surface area contributed by atoms with E-state index < -0.39 is 4.92 Å². The van der Waals surface area contributed by atoms with Crippen LogP contribution in [0.15, 0.2) is 54.7 Å². The molecule has 0 radical (unpaired) electrons. The first kappa shape index (κ1) is 15.4. The zero-order valence-electron chi connectivity index (χ0n) is 12.9. The van der Waals surface area contributed by atoms with Gasteiger partial charge in [0.2, 0.25) is 0 Å². The van der Waals surface area contributed by atoms with Crippen LogP contribution in [0.25, 0.3) is 11.3 Å². The van der Waals surface area contributed by atoms with Crippen LogP contribution in [0.5, 0.6) is 0 Å². The van der Waals surface area contributed by atoms with E-state index in [4.69, 9.17) is 5.73 Å². The third kappa shape index (κ3) is 3.14. The molecule has 1 aromatic carbocycles. The van der Waals surface area contributed by atoms with E-state index in [2.05, 4.69) is 15.3 Å². The van der Waals surface area contributed by atoms with Gasteiger partial charge >= 0.3 is 0 Å². The Kier molecular flexibility index (Phi) is 4.07. The fourth-order valence-electron chi connectivity index (χ4n) is 2.27. The van der Waals surface area contributed by atoms with Gasteiger partial charge < -0.3 is 11.1 Å². The molecule has 0 unspecified atom stereocenters. The lowest BCUT2D eigenvalue weighted by Crippen LogP contribution is -2.01. The Hall–Kier alpha value is -3.48. The third-order valence-electron chi connectivity index (χ3n) is 3.54. The van der Waals surface area contributed by atoms with Crippen LogP contribution in [0.3, 0.4) is 0 Å². The Bertz CT molecular complexity index is 897. The van der Waals surface area contributed by atoms with Gasteiger partial charge in [-0.3, -0.25) is 15.1 Å². The molecule has 0 atom stereocenters. The second-order valence-corrected chi connectivity index (χ2v) is 5.20. The number of nitrogens with one attached hydrogen (secondary N) is 1. The summed E-state index contributed by atoms with van der Waals surface area (Å²) in [5.74, 6) is 0.489. The van der Waals surface area contributed by atoms with Crippen molar-refractivity contribution in [1.82, 2.24) is 9.97 Å². The monoisotopic (exact) mass is 321 g/mol. The molecular weight excluding hydrogens is 306 g/mol. The second-order valence-electron chi connectivity index (χ2n) is 5.20. The zero-order valence-corrected chi connectivity index (χ0v) is 12.9. The minimum Gasteiger partial charge on any atom is -0.397 e. The zero-order chi connectivity index (χ0) is 17.1. The van der Waals surface area contributed by atoms with Crippen LogP contribution in [0.4, 0.5) is 22.9 Å². The number of nitro groups is 1. The van der Waals surface area contributed by atoms with Crippen molar-refractivity contribution >= 4 is 22.9 Å². The summed E-state index contributed by atoms with van der Waals surface area (Å²) in [6.45, 7) is 1.78. The molecule has 0 amide bonds. The van der Waals surface area contributed by atoms with E-state index in [1.807, 2.05) is 18.2 Å². The standard InChI is InChI=1S/C17H15N5O2/c1-11-13(18)6-8-17(20-11)21-15-10-12(5-7-16(15)22(23)24)14-4-2-3-9-19-14/h2-10H,18H2,1H3,(H,20,21). The van der Waals surface area contributed by atoms with Gasteiger partial charge in [-0.05, 0) is 43.3 Å². The molecule has 0 spiro atoms. The number of hydrogen-bond donors (Lipinski definition) is 2. The number of rotatable bonds is 4. The van der Waals surface area contributed by atoms with Crippen LogP contribution in [-0.2, 0) is 0 Å². The van der Waals surface area contributed by atoms with E-state index in [1.165, 1.54) is 6.07 Å². The molecule has 120 valence electrons. The topological polar surface area (TPSA) is 107 Å². The van der Waals surface area contributed by atoms with E-state index in [0.717, 1.165) is 11.3 Å².